The summed E-state index contributed by atoms with van der Waals surface area (Å²) in [6, 6.07) is 18.8. The summed E-state index contributed by atoms with van der Waals surface area (Å²) in [4.78, 5) is 87.2. The number of hydrogen-bond acceptors (Lipinski definition) is 13. The van der Waals surface area contributed by atoms with Gasteiger partial charge in [0.2, 0.25) is 17.8 Å². The fourth-order valence-electron chi connectivity index (χ4n) is 11.1. The second kappa shape index (κ2) is 16.3. The number of likely N-dealkylation sites (tertiary alicyclic amines) is 1. The molecule has 11 rings (SSSR count). The standard InChI is InChI=1S/C49H53N11O6/c1-48(66)18-3-2-4-22-58-44(63)37-29-50-47(54-42(37)60(58)40-7-5-6-39(48)52-40)51-31-8-10-32(11-9-31)55-23-16-33(17-24-55)57-27-21-49(30-57)19-25-56(26-20-49)34-12-13-35-36(28-34)46(65)59(45(35)64)38-14-15-41(61)53-43(38)62/h2,4-13,28-29,33,38,66H,3,14-27,30H2,1H3,(H,50,51,54)(H,53,61,62)/t38?,48-/m1/s1. The number of carbonyl (C=O) groups is 4. The van der Waals surface area contributed by atoms with Gasteiger partial charge in [-0.1, -0.05) is 18.2 Å². The van der Waals surface area contributed by atoms with E-state index in [2.05, 4.69) is 42.5 Å². The number of imide groups is 2. The van der Waals surface area contributed by atoms with E-state index in [1.807, 2.05) is 48.6 Å². The van der Waals surface area contributed by atoms with Gasteiger partial charge < -0.3 is 20.2 Å². The molecule has 9 heterocycles. The van der Waals surface area contributed by atoms with Crippen molar-refractivity contribution in [1.82, 2.24) is 39.4 Å². The quantitative estimate of drug-likeness (QED) is 0.158. The van der Waals surface area contributed by atoms with Crippen molar-refractivity contribution < 1.29 is 24.3 Å². The lowest BCUT2D eigenvalue weighted by Crippen LogP contribution is -2.54. The summed E-state index contributed by atoms with van der Waals surface area (Å²) in [7, 11) is 0. The van der Waals surface area contributed by atoms with Crippen LogP contribution in [-0.4, -0.2) is 114 Å². The summed E-state index contributed by atoms with van der Waals surface area (Å²) < 4.78 is 3.32. The molecular weight excluding hydrogens is 839 g/mol. The Morgan fingerprint density at radius 1 is 0.788 bits per heavy atom. The summed E-state index contributed by atoms with van der Waals surface area (Å²) in [6.45, 7) is 7.99. The van der Waals surface area contributed by atoms with E-state index in [1.165, 1.54) is 12.1 Å². The Morgan fingerprint density at radius 2 is 1.53 bits per heavy atom. The zero-order chi connectivity index (χ0) is 45.3. The van der Waals surface area contributed by atoms with Crippen molar-refractivity contribution in [2.75, 3.05) is 54.4 Å². The minimum absolute atomic E-state index is 0.0948. The van der Waals surface area contributed by atoms with E-state index in [4.69, 9.17) is 9.97 Å². The number of rotatable bonds is 6. The summed E-state index contributed by atoms with van der Waals surface area (Å²) in [5.74, 6) is -1.09. The van der Waals surface area contributed by atoms with E-state index in [0.717, 1.165) is 81.2 Å². The molecule has 17 nitrogen and oxygen atoms in total. The molecule has 6 aliphatic heterocycles. The fraction of sp³-hybridized carbons (Fsp3) is 0.429. The third kappa shape index (κ3) is 7.43. The second-order valence-electron chi connectivity index (χ2n) is 19.1. The predicted octanol–water partition coefficient (Wildman–Crippen LogP) is 4.64. The largest absolute Gasteiger partial charge is 0.384 e. The lowest BCUT2D eigenvalue weighted by atomic mass is 9.77. The van der Waals surface area contributed by atoms with Crippen LogP contribution in [0.1, 0.15) is 91.1 Å². The molecule has 4 amide bonds. The fourth-order valence-corrected chi connectivity index (χ4v) is 11.1. The van der Waals surface area contributed by atoms with Crippen LogP contribution in [0, 0.1) is 5.41 Å². The van der Waals surface area contributed by atoms with E-state index in [9.17, 15) is 29.1 Å². The van der Waals surface area contributed by atoms with Gasteiger partial charge in [-0.2, -0.15) is 4.98 Å². The van der Waals surface area contributed by atoms with Crippen LogP contribution in [0.2, 0.25) is 0 Å². The Bertz CT molecular complexity index is 2870. The second-order valence-corrected chi connectivity index (χ2v) is 19.1. The molecule has 3 aromatic heterocycles. The number of anilines is 4. The molecule has 2 atom stereocenters. The van der Waals surface area contributed by atoms with E-state index in [0.29, 0.717) is 65.0 Å². The number of benzene rings is 2. The van der Waals surface area contributed by atoms with Gasteiger partial charge >= 0.3 is 0 Å². The molecule has 0 radical (unpaired) electrons. The average Bonchev–Trinajstić information content (AvgIpc) is 3.94. The first-order valence-corrected chi connectivity index (χ1v) is 23.2. The van der Waals surface area contributed by atoms with Gasteiger partial charge in [0.05, 0.1) is 23.4 Å². The molecule has 2 bridgehead atoms. The number of piperidine rings is 3. The average molecular weight is 892 g/mol. The maximum absolute atomic E-state index is 13.6. The Labute approximate surface area is 381 Å². The molecule has 3 N–H and O–H groups in total. The van der Waals surface area contributed by atoms with Gasteiger partial charge in [0, 0.05) is 68.4 Å². The normalized spacial score (nSPS) is 23.6. The monoisotopic (exact) mass is 891 g/mol. The molecule has 0 aliphatic carbocycles. The summed E-state index contributed by atoms with van der Waals surface area (Å²) in [6.07, 6.45) is 12.4. The van der Waals surface area contributed by atoms with E-state index in [1.54, 1.807) is 34.6 Å². The number of carbonyl (C=O) groups excluding carboxylic acids is 4. The lowest BCUT2D eigenvalue weighted by molar-refractivity contribution is -0.136. The van der Waals surface area contributed by atoms with Crippen LogP contribution in [0.3, 0.4) is 0 Å². The van der Waals surface area contributed by atoms with Gasteiger partial charge in [0.25, 0.3) is 17.4 Å². The van der Waals surface area contributed by atoms with E-state index < -0.39 is 29.4 Å². The van der Waals surface area contributed by atoms with Crippen molar-refractivity contribution in [3.63, 3.8) is 0 Å². The van der Waals surface area contributed by atoms with E-state index >= 15 is 0 Å². The predicted molar refractivity (Wildman–Crippen MR) is 247 cm³/mol. The van der Waals surface area contributed by atoms with Crippen LogP contribution >= 0.6 is 0 Å². The highest BCUT2D eigenvalue weighted by atomic mass is 16.3. The summed E-state index contributed by atoms with van der Waals surface area (Å²) in [5, 5.41) is 17.2. The highest BCUT2D eigenvalue weighted by Crippen LogP contribution is 2.43. The number of fused-ring (bicyclic) bond motifs is 7. The third-order valence-corrected chi connectivity index (χ3v) is 15.0. The molecule has 0 saturated carbocycles. The summed E-state index contributed by atoms with van der Waals surface area (Å²) >= 11 is 0. The minimum atomic E-state index is -1.13. The Morgan fingerprint density at radius 3 is 2.32 bits per heavy atom. The number of aliphatic hydroxyl groups is 1. The van der Waals surface area contributed by atoms with Crippen LogP contribution < -0.4 is 26.0 Å². The number of nitrogens with one attached hydrogen (secondary N) is 2. The molecule has 17 heteroatoms. The van der Waals surface area contributed by atoms with Crippen molar-refractivity contribution in [2.45, 2.75) is 88.9 Å². The zero-order valence-electron chi connectivity index (χ0n) is 37.0. The van der Waals surface area contributed by atoms with Crippen molar-refractivity contribution in [3.05, 3.63) is 106 Å². The number of amides is 4. The topological polar surface area (TPSA) is 191 Å². The van der Waals surface area contributed by atoms with Crippen LogP contribution in [0.15, 0.2) is 83.8 Å². The lowest BCUT2D eigenvalue weighted by Gasteiger charge is -2.42. The minimum Gasteiger partial charge on any atom is -0.384 e. The number of pyridine rings is 1. The molecule has 4 fully saturated rings. The number of aromatic nitrogens is 5. The number of hydrogen-bond donors (Lipinski definition) is 3. The highest BCUT2D eigenvalue weighted by molar-refractivity contribution is 6.23. The molecule has 340 valence electrons. The van der Waals surface area contributed by atoms with Gasteiger partial charge in [-0.05, 0) is 125 Å². The maximum atomic E-state index is 13.6. The summed E-state index contributed by atoms with van der Waals surface area (Å²) in [5.41, 5.74) is 3.44. The third-order valence-electron chi connectivity index (χ3n) is 15.0. The van der Waals surface area contributed by atoms with Crippen molar-refractivity contribution >= 4 is 57.7 Å². The van der Waals surface area contributed by atoms with Crippen LogP contribution in [0.5, 0.6) is 0 Å². The van der Waals surface area contributed by atoms with Crippen LogP contribution in [0.4, 0.5) is 23.0 Å². The zero-order valence-corrected chi connectivity index (χ0v) is 37.0. The first-order chi connectivity index (χ1) is 31.9. The Balaban J connectivity index is 0.696. The van der Waals surface area contributed by atoms with Crippen LogP contribution in [-0.2, 0) is 21.7 Å². The van der Waals surface area contributed by atoms with Crippen molar-refractivity contribution in [1.29, 1.82) is 0 Å². The maximum Gasteiger partial charge on any atom is 0.278 e. The van der Waals surface area contributed by atoms with Crippen molar-refractivity contribution in [2.24, 2.45) is 5.41 Å². The van der Waals surface area contributed by atoms with Crippen LogP contribution in [0.25, 0.3) is 16.9 Å². The molecule has 1 spiro atoms. The first-order valence-electron chi connectivity index (χ1n) is 23.2. The molecule has 6 aliphatic rings. The molecular formula is C49H53N11O6. The van der Waals surface area contributed by atoms with E-state index in [-0.39, 0.29) is 29.7 Å². The Hall–Kier alpha value is -6.72. The first kappa shape index (κ1) is 41.9. The molecule has 2 aromatic carbocycles. The molecule has 5 aromatic rings. The Kier molecular flexibility index (Phi) is 10.4. The van der Waals surface area contributed by atoms with Gasteiger partial charge in [-0.25, -0.2) is 19.3 Å². The highest BCUT2D eigenvalue weighted by Gasteiger charge is 2.46. The molecule has 1 unspecified atom stereocenters. The van der Waals surface area contributed by atoms with Gasteiger partial charge in [-0.3, -0.25) is 39.1 Å². The number of allylic oxidation sites excluding steroid dienone is 2. The smallest absolute Gasteiger partial charge is 0.278 e. The molecule has 66 heavy (non-hydrogen) atoms. The van der Waals surface area contributed by atoms with Crippen molar-refractivity contribution in [3.8, 4) is 5.82 Å². The van der Waals surface area contributed by atoms with Gasteiger partial charge in [0.1, 0.15) is 17.0 Å². The van der Waals surface area contributed by atoms with Gasteiger partial charge in [0.15, 0.2) is 11.5 Å². The van der Waals surface area contributed by atoms with Gasteiger partial charge in [-0.15, -0.1) is 0 Å². The SMILES string of the molecule is C[C@@]1(O)CCC=CCn2c(=O)c3cnc(Nc4ccc(N5CCC(N6CCC7(CCN(c8ccc9c(c8)C(=O)N(C8CCC(=O)NC8=O)C9=O)CC7)C6)CC5)cc4)nc3n2-c2cccc1n2. The number of nitrogens with zero attached hydrogens (tertiary/aromatic N) is 9. The molecule has 4 saturated heterocycles.